The number of urea groups is 1. The van der Waals surface area contributed by atoms with E-state index in [1.165, 1.54) is 20.3 Å². The number of hydrogen-bond acceptors (Lipinski definition) is 7. The van der Waals surface area contributed by atoms with Crippen molar-refractivity contribution in [1.82, 2.24) is 10.2 Å². The summed E-state index contributed by atoms with van der Waals surface area (Å²) in [6.07, 6.45) is 1.99. The van der Waals surface area contributed by atoms with Gasteiger partial charge in [-0.25, -0.2) is 4.79 Å². The Bertz CT molecular complexity index is 942. The van der Waals surface area contributed by atoms with E-state index in [1.54, 1.807) is 12.1 Å². The lowest BCUT2D eigenvalue weighted by Crippen LogP contribution is -2.54. The van der Waals surface area contributed by atoms with Crippen molar-refractivity contribution in [2.24, 2.45) is 11.3 Å². The van der Waals surface area contributed by atoms with Gasteiger partial charge in [-0.3, -0.25) is 19.3 Å². The third-order valence-corrected chi connectivity index (χ3v) is 5.98. The molecule has 2 unspecified atom stereocenters. The number of nitrogens with zero attached hydrogens (tertiary/aromatic N) is 1. The Hall–Kier alpha value is -3.10. The van der Waals surface area contributed by atoms with Crippen molar-refractivity contribution in [1.29, 1.82) is 0 Å². The topological polar surface area (TPSA) is 111 Å². The molecule has 0 bridgehead atoms. The number of imide groups is 1. The van der Waals surface area contributed by atoms with Crippen molar-refractivity contribution in [3.8, 4) is 11.5 Å². The number of ether oxygens (including phenoxy) is 3. The average Bonchev–Trinajstić information content (AvgIpc) is 2.93. The monoisotopic (exact) mass is 446 g/mol. The molecule has 9 nitrogen and oxygen atoms in total. The minimum Gasteiger partial charge on any atom is -0.497 e. The Labute approximate surface area is 187 Å². The van der Waals surface area contributed by atoms with Gasteiger partial charge < -0.3 is 19.5 Å². The van der Waals surface area contributed by atoms with Crippen molar-refractivity contribution >= 4 is 23.7 Å². The molecule has 1 saturated carbocycles. The molecule has 1 heterocycles. The Morgan fingerprint density at radius 1 is 1.16 bits per heavy atom. The predicted octanol–water partition coefficient (Wildman–Crippen LogP) is 2.57. The zero-order valence-electron chi connectivity index (χ0n) is 19.1. The molecule has 9 heteroatoms. The molecule has 0 aromatic heterocycles. The third-order valence-electron chi connectivity index (χ3n) is 5.98. The first-order chi connectivity index (χ1) is 15.0. The predicted molar refractivity (Wildman–Crippen MR) is 115 cm³/mol. The molecule has 1 spiro atoms. The summed E-state index contributed by atoms with van der Waals surface area (Å²) in [6, 6.07) is 4.09. The molecule has 1 N–H and O–H groups in total. The zero-order valence-corrected chi connectivity index (χ0v) is 19.1. The third kappa shape index (κ3) is 4.71. The number of benzene rings is 1. The summed E-state index contributed by atoms with van der Waals surface area (Å²) in [6.45, 7) is 5.08. The fraction of sp³-hybridized carbons (Fsp3) is 0.565. The van der Waals surface area contributed by atoms with E-state index in [-0.39, 0.29) is 16.9 Å². The van der Waals surface area contributed by atoms with Crippen molar-refractivity contribution in [3.05, 3.63) is 23.8 Å². The second-order valence-electron chi connectivity index (χ2n) is 9.41. The van der Waals surface area contributed by atoms with Crippen LogP contribution in [0.25, 0.3) is 0 Å². The van der Waals surface area contributed by atoms with Crippen molar-refractivity contribution < 1.29 is 33.4 Å². The second kappa shape index (κ2) is 8.80. The van der Waals surface area contributed by atoms with Crippen molar-refractivity contribution in [2.75, 3.05) is 27.4 Å². The summed E-state index contributed by atoms with van der Waals surface area (Å²) in [7, 11) is 2.89. The number of rotatable bonds is 7. The van der Waals surface area contributed by atoms with Gasteiger partial charge in [0.2, 0.25) is 5.78 Å². The Morgan fingerprint density at radius 2 is 1.88 bits per heavy atom. The van der Waals surface area contributed by atoms with Gasteiger partial charge in [0.1, 0.15) is 23.6 Å². The Morgan fingerprint density at radius 3 is 2.50 bits per heavy atom. The quantitative estimate of drug-likeness (QED) is 0.389. The fourth-order valence-corrected chi connectivity index (χ4v) is 5.08. The van der Waals surface area contributed by atoms with Crippen molar-refractivity contribution in [3.63, 3.8) is 0 Å². The van der Waals surface area contributed by atoms with E-state index in [2.05, 4.69) is 26.1 Å². The Kier molecular flexibility index (Phi) is 6.48. The molecule has 1 aliphatic heterocycles. The van der Waals surface area contributed by atoms with Crippen LogP contribution < -0.4 is 14.8 Å². The van der Waals surface area contributed by atoms with Crippen LogP contribution in [0.3, 0.4) is 0 Å². The van der Waals surface area contributed by atoms with Gasteiger partial charge in [-0.15, -0.1) is 0 Å². The molecule has 0 radical (unpaired) electrons. The molecule has 2 atom stereocenters. The summed E-state index contributed by atoms with van der Waals surface area (Å²) in [5.74, 6) is -0.730. The highest BCUT2D eigenvalue weighted by molar-refractivity contribution is 6.09. The van der Waals surface area contributed by atoms with E-state index < -0.39 is 42.4 Å². The number of amides is 3. The maximum absolute atomic E-state index is 13.1. The van der Waals surface area contributed by atoms with Gasteiger partial charge in [0, 0.05) is 0 Å². The molecule has 3 amide bonds. The largest absolute Gasteiger partial charge is 0.497 e. The number of ketones is 1. The SMILES string of the molecule is COc1ccc(OC)c(C(=O)COC(=O)CN2C(=O)NC3(CC(C)CC(C)(C)C3)C2=O)c1. The van der Waals surface area contributed by atoms with E-state index in [0.29, 0.717) is 24.3 Å². The summed E-state index contributed by atoms with van der Waals surface area (Å²) in [4.78, 5) is 51.4. The minimum atomic E-state index is -0.998. The van der Waals surface area contributed by atoms with E-state index in [9.17, 15) is 19.2 Å². The van der Waals surface area contributed by atoms with Crippen LogP contribution in [0.5, 0.6) is 11.5 Å². The molecule has 174 valence electrons. The maximum atomic E-state index is 13.1. The van der Waals surface area contributed by atoms with Crippen LogP contribution in [-0.2, 0) is 14.3 Å². The van der Waals surface area contributed by atoms with Gasteiger partial charge in [-0.2, -0.15) is 0 Å². The summed E-state index contributed by atoms with van der Waals surface area (Å²) in [5, 5.41) is 2.81. The number of carbonyl (C=O) groups is 4. The lowest BCUT2D eigenvalue weighted by Gasteiger charge is -2.43. The van der Waals surface area contributed by atoms with Gasteiger partial charge in [0.05, 0.1) is 19.8 Å². The van der Waals surface area contributed by atoms with Crippen LogP contribution in [0, 0.1) is 11.3 Å². The maximum Gasteiger partial charge on any atom is 0.326 e. The van der Waals surface area contributed by atoms with Crippen LogP contribution in [0.4, 0.5) is 4.79 Å². The standard InChI is InChI=1S/C23H30N2O7/c1-14-9-22(2,3)13-23(10-14)20(28)25(21(29)24-23)11-19(27)32-12-17(26)16-8-15(30-4)6-7-18(16)31-5/h6-8,14H,9-13H2,1-5H3,(H,24,29). The molecule has 1 aliphatic carbocycles. The molecule has 3 rings (SSSR count). The molecular formula is C23H30N2O7. The number of nitrogens with one attached hydrogen (secondary N) is 1. The summed E-state index contributed by atoms with van der Waals surface area (Å²) < 4.78 is 15.4. The molecule has 1 aromatic carbocycles. The fourth-order valence-electron chi connectivity index (χ4n) is 5.08. The van der Waals surface area contributed by atoms with Crippen molar-refractivity contribution in [2.45, 2.75) is 45.6 Å². The van der Waals surface area contributed by atoms with E-state index in [0.717, 1.165) is 11.3 Å². The number of hydrogen-bond donors (Lipinski definition) is 1. The second-order valence-corrected chi connectivity index (χ2v) is 9.41. The first-order valence-electron chi connectivity index (χ1n) is 10.6. The summed E-state index contributed by atoms with van der Waals surface area (Å²) in [5.41, 5.74) is -0.909. The van der Waals surface area contributed by atoms with Gasteiger partial charge in [-0.1, -0.05) is 20.8 Å². The lowest BCUT2D eigenvalue weighted by molar-refractivity contribution is -0.147. The van der Waals surface area contributed by atoms with Crippen LogP contribution in [0.15, 0.2) is 18.2 Å². The summed E-state index contributed by atoms with van der Waals surface area (Å²) >= 11 is 0. The van der Waals surface area contributed by atoms with E-state index in [1.807, 2.05) is 0 Å². The first-order valence-corrected chi connectivity index (χ1v) is 10.6. The highest BCUT2D eigenvalue weighted by Gasteiger charge is 2.56. The van der Waals surface area contributed by atoms with Crippen LogP contribution in [0.1, 0.15) is 50.4 Å². The molecule has 32 heavy (non-hydrogen) atoms. The number of methoxy groups -OCH3 is 2. The van der Waals surface area contributed by atoms with Crippen LogP contribution in [0.2, 0.25) is 0 Å². The zero-order chi connectivity index (χ0) is 23.7. The number of Topliss-reactive ketones (excluding diaryl/α,β-unsaturated/α-hetero) is 1. The number of esters is 1. The highest BCUT2D eigenvalue weighted by Crippen LogP contribution is 2.46. The van der Waals surface area contributed by atoms with Crippen LogP contribution in [-0.4, -0.2) is 61.5 Å². The lowest BCUT2D eigenvalue weighted by atomic mass is 9.64. The van der Waals surface area contributed by atoms with E-state index >= 15 is 0 Å². The Balaban J connectivity index is 1.64. The van der Waals surface area contributed by atoms with Gasteiger partial charge in [-0.05, 0) is 48.8 Å². The molecular weight excluding hydrogens is 416 g/mol. The van der Waals surface area contributed by atoms with Crippen LogP contribution >= 0.6 is 0 Å². The number of carbonyl (C=O) groups excluding carboxylic acids is 4. The van der Waals surface area contributed by atoms with Gasteiger partial charge in [0.25, 0.3) is 5.91 Å². The first kappa shape index (κ1) is 23.6. The van der Waals surface area contributed by atoms with Gasteiger partial charge >= 0.3 is 12.0 Å². The normalized spacial score (nSPS) is 24.3. The van der Waals surface area contributed by atoms with E-state index in [4.69, 9.17) is 14.2 Å². The molecule has 2 fully saturated rings. The van der Waals surface area contributed by atoms with Gasteiger partial charge in [0.15, 0.2) is 6.61 Å². The minimum absolute atomic E-state index is 0.112. The molecule has 1 aromatic rings. The molecule has 1 saturated heterocycles. The molecule has 2 aliphatic rings. The smallest absolute Gasteiger partial charge is 0.326 e. The highest BCUT2D eigenvalue weighted by atomic mass is 16.5. The average molecular weight is 447 g/mol.